The molecular weight excluding hydrogens is 234 g/mol. The molecule has 0 spiro atoms. The summed E-state index contributed by atoms with van der Waals surface area (Å²) in [7, 11) is -1.12. The Kier molecular flexibility index (Phi) is 4.10. The van der Waals surface area contributed by atoms with Crippen LogP contribution in [-0.2, 0) is 10.8 Å². The van der Waals surface area contributed by atoms with Crippen molar-refractivity contribution in [2.24, 2.45) is 0 Å². The molecule has 94 valence electrons. The molecule has 0 aromatic carbocycles. The zero-order valence-electron chi connectivity index (χ0n) is 10.4. The summed E-state index contributed by atoms with van der Waals surface area (Å²) >= 11 is 0. The average Bonchev–Trinajstić information content (AvgIpc) is 2.33. The van der Waals surface area contributed by atoms with Crippen LogP contribution >= 0.6 is 0 Å². The zero-order chi connectivity index (χ0) is 12.3. The molecule has 1 N–H and O–H groups in total. The van der Waals surface area contributed by atoms with Crippen LogP contribution in [0, 0.1) is 6.92 Å². The van der Waals surface area contributed by atoms with Gasteiger partial charge in [0.25, 0.3) is 0 Å². The molecule has 1 aromatic heterocycles. The molecule has 0 saturated heterocycles. The third kappa shape index (κ3) is 3.25. The van der Waals surface area contributed by atoms with Crippen molar-refractivity contribution in [3.63, 3.8) is 0 Å². The highest BCUT2D eigenvalue weighted by Crippen LogP contribution is 2.22. The molecule has 0 amide bonds. The molecule has 1 unspecified atom stereocenters. The second-order valence-corrected chi connectivity index (χ2v) is 5.89. The Labute approximate surface area is 105 Å². The van der Waals surface area contributed by atoms with Crippen molar-refractivity contribution in [2.75, 3.05) is 11.6 Å². The Morgan fingerprint density at radius 1 is 1.35 bits per heavy atom. The van der Waals surface area contributed by atoms with Gasteiger partial charge in [0.1, 0.15) is 5.82 Å². The molecule has 0 radical (unpaired) electrons. The van der Waals surface area contributed by atoms with Crippen LogP contribution in [-0.4, -0.2) is 26.5 Å². The number of hydrogen-bond donors (Lipinski definition) is 1. The van der Waals surface area contributed by atoms with Crippen LogP contribution in [0.3, 0.4) is 0 Å². The molecule has 1 aliphatic rings. The first-order valence-corrected chi connectivity index (χ1v) is 7.66. The van der Waals surface area contributed by atoms with E-state index in [1.54, 1.807) is 12.5 Å². The van der Waals surface area contributed by atoms with Crippen LogP contribution in [0.15, 0.2) is 11.4 Å². The van der Waals surface area contributed by atoms with Gasteiger partial charge in [0.2, 0.25) is 5.16 Å². The second-order valence-electron chi connectivity index (χ2n) is 4.62. The summed E-state index contributed by atoms with van der Waals surface area (Å²) in [6.45, 7) is 1.98. The monoisotopic (exact) mass is 253 g/mol. The number of aromatic nitrogens is 2. The first kappa shape index (κ1) is 12.5. The minimum absolute atomic E-state index is 0.411. The lowest BCUT2D eigenvalue weighted by Gasteiger charge is -2.24. The van der Waals surface area contributed by atoms with Gasteiger partial charge < -0.3 is 5.32 Å². The molecule has 4 nitrogen and oxygen atoms in total. The minimum Gasteiger partial charge on any atom is -0.367 e. The van der Waals surface area contributed by atoms with Gasteiger partial charge in [-0.1, -0.05) is 19.3 Å². The van der Waals surface area contributed by atoms with Crippen LogP contribution in [0.5, 0.6) is 0 Å². The minimum atomic E-state index is -1.12. The summed E-state index contributed by atoms with van der Waals surface area (Å²) < 4.78 is 11.4. The number of anilines is 1. The van der Waals surface area contributed by atoms with Crippen molar-refractivity contribution in [2.45, 2.75) is 50.2 Å². The Morgan fingerprint density at radius 2 is 2.06 bits per heavy atom. The lowest BCUT2D eigenvalue weighted by Crippen LogP contribution is -2.23. The first-order chi connectivity index (χ1) is 8.16. The lowest BCUT2D eigenvalue weighted by molar-refractivity contribution is 0.461. The molecule has 1 heterocycles. The quantitative estimate of drug-likeness (QED) is 0.840. The molecule has 0 bridgehead atoms. The first-order valence-electron chi connectivity index (χ1n) is 6.10. The normalized spacial score (nSPS) is 18.9. The van der Waals surface area contributed by atoms with Crippen LogP contribution in [0.25, 0.3) is 0 Å². The predicted octanol–water partition coefficient (Wildman–Crippen LogP) is 2.27. The number of nitrogens with one attached hydrogen (secondary N) is 1. The van der Waals surface area contributed by atoms with E-state index in [1.165, 1.54) is 32.1 Å². The Morgan fingerprint density at radius 3 is 2.71 bits per heavy atom. The van der Waals surface area contributed by atoms with E-state index in [4.69, 9.17) is 0 Å². The standard InChI is InChI=1S/C12H19N3OS/c1-9-8-13-12(17(2)16)15-11(9)14-10-6-4-3-5-7-10/h8,10H,3-7H2,1-2H3,(H,13,14,15). The number of nitrogens with zero attached hydrogens (tertiary/aromatic N) is 2. The van der Waals surface area contributed by atoms with Crippen LogP contribution in [0.2, 0.25) is 0 Å². The van der Waals surface area contributed by atoms with E-state index in [1.807, 2.05) is 6.92 Å². The molecule has 0 aliphatic heterocycles. The van der Waals surface area contributed by atoms with Crippen LogP contribution < -0.4 is 5.32 Å². The predicted molar refractivity (Wildman–Crippen MR) is 69.6 cm³/mol. The Balaban J connectivity index is 2.13. The molecule has 1 fully saturated rings. The Hall–Kier alpha value is -0.970. The summed E-state index contributed by atoms with van der Waals surface area (Å²) in [6, 6.07) is 0.510. The van der Waals surface area contributed by atoms with Crippen LogP contribution in [0.1, 0.15) is 37.7 Å². The fourth-order valence-corrected chi connectivity index (χ4v) is 2.57. The van der Waals surface area contributed by atoms with E-state index in [2.05, 4.69) is 15.3 Å². The maximum absolute atomic E-state index is 11.4. The van der Waals surface area contributed by atoms with Crippen molar-refractivity contribution in [1.29, 1.82) is 0 Å². The van der Waals surface area contributed by atoms with E-state index < -0.39 is 10.8 Å². The molecule has 1 aliphatic carbocycles. The van der Waals surface area contributed by atoms with Gasteiger partial charge in [-0.25, -0.2) is 9.97 Å². The van der Waals surface area contributed by atoms with E-state index in [0.717, 1.165) is 11.4 Å². The van der Waals surface area contributed by atoms with Crippen LogP contribution in [0.4, 0.5) is 5.82 Å². The van der Waals surface area contributed by atoms with Gasteiger partial charge in [-0.05, 0) is 19.8 Å². The van der Waals surface area contributed by atoms with Crippen molar-refractivity contribution in [1.82, 2.24) is 9.97 Å². The van der Waals surface area contributed by atoms with Gasteiger partial charge in [0, 0.05) is 24.1 Å². The maximum atomic E-state index is 11.4. The average molecular weight is 253 g/mol. The Bertz CT molecular complexity index is 416. The molecule has 17 heavy (non-hydrogen) atoms. The van der Waals surface area contributed by atoms with Gasteiger partial charge in [-0.3, -0.25) is 4.21 Å². The number of rotatable bonds is 3. The molecular formula is C12H19N3OS. The third-order valence-electron chi connectivity index (χ3n) is 3.15. The zero-order valence-corrected chi connectivity index (χ0v) is 11.2. The number of hydrogen-bond acceptors (Lipinski definition) is 4. The molecule has 5 heteroatoms. The molecule has 2 rings (SSSR count). The van der Waals surface area contributed by atoms with Crippen molar-refractivity contribution < 1.29 is 4.21 Å². The second kappa shape index (κ2) is 5.58. The van der Waals surface area contributed by atoms with Gasteiger partial charge >= 0.3 is 0 Å². The van der Waals surface area contributed by atoms with Gasteiger partial charge in [-0.15, -0.1) is 0 Å². The smallest absolute Gasteiger partial charge is 0.220 e. The summed E-state index contributed by atoms with van der Waals surface area (Å²) in [5.74, 6) is 0.845. The molecule has 1 saturated carbocycles. The highest BCUT2D eigenvalue weighted by atomic mass is 32.2. The largest absolute Gasteiger partial charge is 0.367 e. The highest BCUT2D eigenvalue weighted by molar-refractivity contribution is 7.84. The van der Waals surface area contributed by atoms with E-state index in [9.17, 15) is 4.21 Å². The maximum Gasteiger partial charge on any atom is 0.220 e. The molecule has 1 aromatic rings. The fourth-order valence-electron chi connectivity index (χ4n) is 2.15. The number of aryl methyl sites for hydroxylation is 1. The van der Waals surface area contributed by atoms with Gasteiger partial charge in [0.15, 0.2) is 0 Å². The van der Waals surface area contributed by atoms with E-state index in [0.29, 0.717) is 11.2 Å². The van der Waals surface area contributed by atoms with Crippen molar-refractivity contribution in [3.8, 4) is 0 Å². The summed E-state index contributed by atoms with van der Waals surface area (Å²) in [6.07, 6.45) is 9.67. The highest BCUT2D eigenvalue weighted by Gasteiger charge is 2.15. The van der Waals surface area contributed by atoms with E-state index >= 15 is 0 Å². The summed E-state index contributed by atoms with van der Waals surface area (Å²) in [4.78, 5) is 8.42. The summed E-state index contributed by atoms with van der Waals surface area (Å²) in [5, 5.41) is 3.87. The third-order valence-corrected chi connectivity index (χ3v) is 3.86. The molecule has 1 atom stereocenters. The van der Waals surface area contributed by atoms with Gasteiger partial charge in [-0.2, -0.15) is 0 Å². The van der Waals surface area contributed by atoms with E-state index in [-0.39, 0.29) is 0 Å². The SMILES string of the molecule is Cc1cnc(S(C)=O)nc1NC1CCCCC1. The topological polar surface area (TPSA) is 54.9 Å². The fraction of sp³-hybridized carbons (Fsp3) is 0.667. The van der Waals surface area contributed by atoms with Gasteiger partial charge in [0.05, 0.1) is 10.8 Å². The lowest BCUT2D eigenvalue weighted by atomic mass is 9.95. The summed E-state index contributed by atoms with van der Waals surface area (Å²) in [5.41, 5.74) is 1.02. The van der Waals surface area contributed by atoms with Crippen molar-refractivity contribution >= 4 is 16.6 Å². The van der Waals surface area contributed by atoms with Crippen molar-refractivity contribution in [3.05, 3.63) is 11.8 Å².